The van der Waals surface area contributed by atoms with Gasteiger partial charge in [0.2, 0.25) is 0 Å². The minimum absolute atomic E-state index is 0.435. The molecule has 1 fully saturated rings. The lowest BCUT2D eigenvalue weighted by molar-refractivity contribution is 0.284. The van der Waals surface area contributed by atoms with Gasteiger partial charge in [-0.3, -0.25) is 9.88 Å². The van der Waals surface area contributed by atoms with Crippen LogP contribution in [0.25, 0.3) is 11.8 Å². The lowest BCUT2D eigenvalue weighted by Gasteiger charge is -2.35. The normalized spacial score (nSPS) is 15.2. The molecule has 5 nitrogen and oxygen atoms in total. The second-order valence-electron chi connectivity index (χ2n) is 7.37. The Hall–Kier alpha value is -2.48. The van der Waals surface area contributed by atoms with E-state index in [-0.39, 0.29) is 0 Å². The Morgan fingerprint density at radius 1 is 0.968 bits per heavy atom. The van der Waals surface area contributed by atoms with Crippen molar-refractivity contribution in [1.29, 1.82) is 0 Å². The topological polar surface area (TPSA) is 37.2 Å². The minimum atomic E-state index is -0.550. The molecule has 3 heterocycles. The number of halogens is 4. The molecule has 3 aromatic rings. The Balaban J connectivity index is 1.37. The quantitative estimate of drug-likeness (QED) is 0.533. The Kier molecular flexibility index (Phi) is 6.55. The fourth-order valence-corrected chi connectivity index (χ4v) is 4.18. The van der Waals surface area contributed by atoms with Crippen molar-refractivity contribution in [1.82, 2.24) is 19.7 Å². The Morgan fingerprint density at radius 2 is 1.61 bits per heavy atom. The Labute approximate surface area is 189 Å². The van der Waals surface area contributed by atoms with E-state index in [1.54, 1.807) is 10.9 Å². The summed E-state index contributed by atoms with van der Waals surface area (Å²) < 4.78 is 28.6. The number of aromatic nitrogens is 3. The molecular formula is C22H21Cl2F2N5. The highest BCUT2D eigenvalue weighted by Gasteiger charge is 2.18. The first-order chi connectivity index (χ1) is 14.9. The van der Waals surface area contributed by atoms with E-state index < -0.39 is 11.6 Å². The average molecular weight is 464 g/mol. The number of hydrogen-bond donors (Lipinski definition) is 0. The SMILES string of the molecule is Cc1c(/C=C/CN2CCN(c3cc(F)cc(F)c3)CC2)cnn1-c1c(Cl)cncc1Cl. The van der Waals surface area contributed by atoms with E-state index in [1.165, 1.54) is 24.5 Å². The van der Waals surface area contributed by atoms with Crippen molar-refractivity contribution in [2.45, 2.75) is 6.92 Å². The summed E-state index contributed by atoms with van der Waals surface area (Å²) in [5, 5.41) is 5.29. The maximum atomic E-state index is 13.5. The van der Waals surface area contributed by atoms with Crippen molar-refractivity contribution in [3.63, 3.8) is 0 Å². The number of nitrogens with zero attached hydrogens (tertiary/aromatic N) is 5. The molecule has 2 aromatic heterocycles. The van der Waals surface area contributed by atoms with E-state index in [4.69, 9.17) is 23.2 Å². The number of anilines is 1. The van der Waals surface area contributed by atoms with Crippen LogP contribution >= 0.6 is 23.2 Å². The molecule has 9 heteroatoms. The molecule has 4 rings (SSSR count). The smallest absolute Gasteiger partial charge is 0.128 e. The summed E-state index contributed by atoms with van der Waals surface area (Å²) >= 11 is 12.5. The van der Waals surface area contributed by atoms with Crippen molar-refractivity contribution in [2.24, 2.45) is 0 Å². The Bertz CT molecular complexity index is 1070. The maximum absolute atomic E-state index is 13.5. The third kappa shape index (κ3) is 4.89. The molecule has 0 N–H and O–H groups in total. The summed E-state index contributed by atoms with van der Waals surface area (Å²) in [5.41, 5.74) is 3.09. The van der Waals surface area contributed by atoms with Gasteiger partial charge in [0, 0.05) is 68.1 Å². The van der Waals surface area contributed by atoms with Crippen LogP contribution in [0.1, 0.15) is 11.3 Å². The van der Waals surface area contributed by atoms with E-state index in [0.29, 0.717) is 34.5 Å². The minimum Gasteiger partial charge on any atom is -0.369 e. The van der Waals surface area contributed by atoms with E-state index in [9.17, 15) is 8.78 Å². The molecular weight excluding hydrogens is 443 g/mol. The number of piperazine rings is 1. The van der Waals surface area contributed by atoms with E-state index >= 15 is 0 Å². The summed E-state index contributed by atoms with van der Waals surface area (Å²) in [6.07, 6.45) is 8.96. The van der Waals surface area contributed by atoms with Gasteiger partial charge in [0.15, 0.2) is 0 Å². The summed E-state index contributed by atoms with van der Waals surface area (Å²) in [5.74, 6) is -1.10. The lowest BCUT2D eigenvalue weighted by Crippen LogP contribution is -2.46. The summed E-state index contributed by atoms with van der Waals surface area (Å²) in [4.78, 5) is 8.27. The van der Waals surface area contributed by atoms with Gasteiger partial charge < -0.3 is 4.90 Å². The van der Waals surface area contributed by atoms with E-state index in [2.05, 4.69) is 21.1 Å². The van der Waals surface area contributed by atoms with Crippen LogP contribution < -0.4 is 4.90 Å². The van der Waals surface area contributed by atoms with Gasteiger partial charge in [-0.2, -0.15) is 5.10 Å². The zero-order valence-electron chi connectivity index (χ0n) is 16.9. The third-order valence-corrected chi connectivity index (χ3v) is 5.89. The fourth-order valence-electron chi connectivity index (χ4n) is 3.66. The standard InChI is InChI=1S/C22H21Cl2F2N5/c1-15-16(12-28-31(15)22-20(23)13-27-14-21(22)24)3-2-4-29-5-7-30(8-6-29)19-10-17(25)9-18(26)11-19/h2-3,9-14H,4-8H2,1H3/b3-2+. The average Bonchev–Trinajstić information content (AvgIpc) is 3.08. The van der Waals surface area contributed by atoms with Crippen LogP contribution in [-0.2, 0) is 0 Å². The van der Waals surface area contributed by atoms with Crippen LogP contribution in [0.15, 0.2) is 42.9 Å². The van der Waals surface area contributed by atoms with Gasteiger partial charge in [-0.15, -0.1) is 0 Å². The highest BCUT2D eigenvalue weighted by Crippen LogP contribution is 2.28. The molecule has 0 unspecified atom stereocenters. The number of rotatable bonds is 5. The van der Waals surface area contributed by atoms with Crippen LogP contribution in [0.4, 0.5) is 14.5 Å². The van der Waals surface area contributed by atoms with Gasteiger partial charge in [0.1, 0.15) is 17.3 Å². The van der Waals surface area contributed by atoms with Crippen LogP contribution in [0.2, 0.25) is 10.0 Å². The molecule has 0 radical (unpaired) electrons. The molecule has 31 heavy (non-hydrogen) atoms. The number of hydrogen-bond acceptors (Lipinski definition) is 4. The van der Waals surface area contributed by atoms with Crippen LogP contribution in [-0.4, -0.2) is 52.4 Å². The van der Waals surface area contributed by atoms with Crippen molar-refractivity contribution in [2.75, 3.05) is 37.6 Å². The van der Waals surface area contributed by atoms with Gasteiger partial charge in [-0.05, 0) is 19.1 Å². The molecule has 0 spiro atoms. The monoisotopic (exact) mass is 463 g/mol. The van der Waals surface area contributed by atoms with E-state index in [0.717, 1.165) is 37.0 Å². The zero-order chi connectivity index (χ0) is 22.0. The predicted octanol–water partition coefficient (Wildman–Crippen LogP) is 5.00. The van der Waals surface area contributed by atoms with Crippen LogP contribution in [0, 0.1) is 18.6 Å². The van der Waals surface area contributed by atoms with Crippen LogP contribution in [0.3, 0.4) is 0 Å². The summed E-state index contributed by atoms with van der Waals surface area (Å²) in [6.45, 7) is 5.77. The van der Waals surface area contributed by atoms with Crippen molar-refractivity contribution < 1.29 is 8.78 Å². The Morgan fingerprint density at radius 3 is 2.26 bits per heavy atom. The molecule has 1 aliphatic heterocycles. The maximum Gasteiger partial charge on any atom is 0.128 e. The molecule has 0 atom stereocenters. The number of benzene rings is 1. The second kappa shape index (κ2) is 9.34. The van der Waals surface area contributed by atoms with Crippen molar-refractivity contribution >= 4 is 35.0 Å². The highest BCUT2D eigenvalue weighted by molar-refractivity contribution is 6.37. The van der Waals surface area contributed by atoms with E-state index in [1.807, 2.05) is 17.9 Å². The summed E-state index contributed by atoms with van der Waals surface area (Å²) in [7, 11) is 0. The fraction of sp³-hybridized carbons (Fsp3) is 0.273. The molecule has 0 amide bonds. The first-order valence-electron chi connectivity index (χ1n) is 9.86. The molecule has 0 aliphatic carbocycles. The van der Waals surface area contributed by atoms with Crippen LogP contribution in [0.5, 0.6) is 0 Å². The second-order valence-corrected chi connectivity index (χ2v) is 8.18. The zero-order valence-corrected chi connectivity index (χ0v) is 18.4. The molecule has 162 valence electrons. The molecule has 1 aliphatic rings. The van der Waals surface area contributed by atoms with Crippen molar-refractivity contribution in [3.8, 4) is 5.69 Å². The van der Waals surface area contributed by atoms with Gasteiger partial charge in [-0.25, -0.2) is 13.5 Å². The molecule has 1 aromatic carbocycles. The first kappa shape index (κ1) is 21.7. The molecule has 1 saturated heterocycles. The van der Waals surface area contributed by atoms with Crippen molar-refractivity contribution in [3.05, 3.63) is 75.8 Å². The van der Waals surface area contributed by atoms with Gasteiger partial charge in [0.05, 0.1) is 16.2 Å². The van der Waals surface area contributed by atoms with Gasteiger partial charge >= 0.3 is 0 Å². The van der Waals surface area contributed by atoms with Gasteiger partial charge in [0.25, 0.3) is 0 Å². The number of pyridine rings is 1. The molecule has 0 bridgehead atoms. The third-order valence-electron chi connectivity index (χ3n) is 5.33. The van der Waals surface area contributed by atoms with Gasteiger partial charge in [-0.1, -0.05) is 35.4 Å². The largest absolute Gasteiger partial charge is 0.369 e. The first-order valence-corrected chi connectivity index (χ1v) is 10.6. The lowest BCUT2D eigenvalue weighted by atomic mass is 10.2. The highest BCUT2D eigenvalue weighted by atomic mass is 35.5. The summed E-state index contributed by atoms with van der Waals surface area (Å²) in [6, 6.07) is 3.64. The molecule has 0 saturated carbocycles. The predicted molar refractivity (Wildman–Crippen MR) is 120 cm³/mol.